The number of nitrogen functional groups attached to an aromatic ring is 1. The number of hydrogen-bond acceptors (Lipinski definition) is 4. The molecule has 15 heavy (non-hydrogen) atoms. The van der Waals surface area contributed by atoms with Gasteiger partial charge in [-0.25, -0.2) is 5.84 Å². The lowest BCUT2D eigenvalue weighted by Gasteiger charge is -1.98. The minimum atomic E-state index is -2.36. The molecule has 0 saturated heterocycles. The maximum atomic E-state index is 10.9. The van der Waals surface area contributed by atoms with Crippen molar-refractivity contribution in [3.63, 3.8) is 0 Å². The lowest BCUT2D eigenvalue weighted by Crippen LogP contribution is -2.29. The molecule has 0 aliphatic carbocycles. The van der Waals surface area contributed by atoms with E-state index in [0.29, 0.717) is 5.56 Å². The van der Waals surface area contributed by atoms with E-state index in [9.17, 15) is 4.79 Å². The maximum Gasteiger partial charge on any atom is 0.265 e. The number of amides is 1. The third-order valence-corrected chi connectivity index (χ3v) is 1.41. The fourth-order valence-electron chi connectivity index (χ4n) is 0.870. The molecule has 1 unspecified atom stereocenters. The monoisotopic (exact) mass is 230 g/mol. The van der Waals surface area contributed by atoms with Crippen molar-refractivity contribution < 1.29 is 13.6 Å². The first-order valence-electron chi connectivity index (χ1n) is 3.88. The van der Waals surface area contributed by atoms with Gasteiger partial charge in [0, 0.05) is 16.8 Å². The summed E-state index contributed by atoms with van der Waals surface area (Å²) in [4.78, 5) is 10.9. The second-order valence-corrected chi connectivity index (χ2v) is 3.12. The van der Waals surface area contributed by atoms with E-state index in [1.165, 1.54) is 0 Å². The predicted octanol–water partition coefficient (Wildman–Crippen LogP) is -0.662. The molecule has 1 amide bonds. The van der Waals surface area contributed by atoms with Crippen molar-refractivity contribution in [3.8, 4) is 0 Å². The van der Waals surface area contributed by atoms with E-state index in [1.54, 1.807) is 12.1 Å². The largest absolute Gasteiger partial charge is 0.760 e. The summed E-state index contributed by atoms with van der Waals surface area (Å²) in [5, 5.41) is 4.03. The van der Waals surface area contributed by atoms with Gasteiger partial charge in [-0.3, -0.25) is 19.6 Å². The zero-order valence-corrected chi connectivity index (χ0v) is 8.91. The van der Waals surface area contributed by atoms with E-state index in [2.05, 4.69) is 10.6 Å². The highest BCUT2D eigenvalue weighted by molar-refractivity contribution is 7.76. The molecule has 5 N–H and O–H groups in total. The minimum Gasteiger partial charge on any atom is -0.760 e. The number of aryl methyl sites for hydroxylation is 1. The Balaban J connectivity index is 0.000000423. The average Bonchev–Trinajstić information content (AvgIpc) is 2.16. The van der Waals surface area contributed by atoms with Crippen LogP contribution in [0.3, 0.4) is 0 Å². The molecule has 0 fully saturated rings. The number of hydrogen-bond donors (Lipinski definition) is 3. The minimum absolute atomic E-state index is 0.256. The standard InChI is InChI=1S/C8H10N2O.H3NO2S/c1-6-3-2-4-7(5-6)8(11)10-9;1-4(2)3/h2-5H,9H2,1H3,(H,10,11);1H2,(H,2,3)/p-1. The van der Waals surface area contributed by atoms with Gasteiger partial charge in [0.05, 0.1) is 0 Å². The highest BCUT2D eigenvalue weighted by Gasteiger charge is 2.00. The van der Waals surface area contributed by atoms with Crippen molar-refractivity contribution in [2.75, 3.05) is 0 Å². The smallest absolute Gasteiger partial charge is 0.265 e. The Bertz CT molecular complexity index is 353. The number of hydrazine groups is 1. The molecule has 0 saturated carbocycles. The fraction of sp³-hybridized carbons (Fsp3) is 0.125. The first-order valence-corrected chi connectivity index (χ1v) is 5.02. The van der Waals surface area contributed by atoms with E-state index in [0.717, 1.165) is 5.56 Å². The van der Waals surface area contributed by atoms with Gasteiger partial charge in [0.15, 0.2) is 0 Å². The first kappa shape index (κ1) is 13.7. The second kappa shape index (κ2) is 7.07. The predicted molar refractivity (Wildman–Crippen MR) is 55.9 cm³/mol. The van der Waals surface area contributed by atoms with Gasteiger partial charge in [-0.15, -0.1) is 0 Å². The average molecular weight is 230 g/mol. The maximum absolute atomic E-state index is 10.9. The summed E-state index contributed by atoms with van der Waals surface area (Å²) in [6.45, 7) is 1.92. The van der Waals surface area contributed by atoms with Crippen molar-refractivity contribution in [1.82, 2.24) is 5.43 Å². The summed E-state index contributed by atoms with van der Waals surface area (Å²) < 4.78 is 17.6. The highest BCUT2D eigenvalue weighted by atomic mass is 32.2. The highest BCUT2D eigenvalue weighted by Crippen LogP contribution is 2.02. The zero-order valence-electron chi connectivity index (χ0n) is 8.10. The van der Waals surface area contributed by atoms with E-state index in [4.69, 9.17) is 14.6 Å². The van der Waals surface area contributed by atoms with Crippen LogP contribution in [0, 0.1) is 6.92 Å². The summed E-state index contributed by atoms with van der Waals surface area (Å²) in [5.41, 5.74) is 3.71. The molecule has 6 nitrogen and oxygen atoms in total. The van der Waals surface area contributed by atoms with Gasteiger partial charge in [0.25, 0.3) is 5.91 Å². The van der Waals surface area contributed by atoms with Crippen LogP contribution in [-0.4, -0.2) is 14.7 Å². The van der Waals surface area contributed by atoms with Gasteiger partial charge >= 0.3 is 0 Å². The third-order valence-electron chi connectivity index (χ3n) is 1.41. The summed E-state index contributed by atoms with van der Waals surface area (Å²) in [6.07, 6.45) is 0. The molecule has 0 aromatic heterocycles. The van der Waals surface area contributed by atoms with Crippen LogP contribution in [0.2, 0.25) is 0 Å². The van der Waals surface area contributed by atoms with Crippen LogP contribution < -0.4 is 16.4 Å². The number of rotatable bonds is 1. The van der Waals surface area contributed by atoms with Crippen molar-refractivity contribution in [1.29, 1.82) is 0 Å². The van der Waals surface area contributed by atoms with Crippen molar-refractivity contribution in [2.24, 2.45) is 11.0 Å². The SMILES string of the molecule is Cc1cccc(C(=O)NN)c1.NS(=O)[O-]. The van der Waals surface area contributed by atoms with Crippen LogP contribution in [-0.2, 0) is 11.3 Å². The Morgan fingerprint density at radius 3 is 2.47 bits per heavy atom. The summed E-state index contributed by atoms with van der Waals surface area (Å²) in [7, 11) is 0. The zero-order chi connectivity index (χ0) is 11.8. The molecule has 0 radical (unpaired) electrons. The van der Waals surface area contributed by atoms with Crippen LogP contribution in [0.4, 0.5) is 0 Å². The van der Waals surface area contributed by atoms with Gasteiger partial charge in [-0.2, -0.15) is 0 Å². The summed E-state index contributed by atoms with van der Waals surface area (Å²) in [6, 6.07) is 7.24. The van der Waals surface area contributed by atoms with E-state index < -0.39 is 11.3 Å². The quantitative estimate of drug-likeness (QED) is 0.256. The number of carbonyl (C=O) groups is 1. The van der Waals surface area contributed by atoms with Crippen LogP contribution in [0.1, 0.15) is 15.9 Å². The molecule has 0 heterocycles. The van der Waals surface area contributed by atoms with Crippen molar-refractivity contribution >= 4 is 17.2 Å². The number of benzene rings is 1. The molecule has 0 aliphatic heterocycles. The number of nitrogens with two attached hydrogens (primary N) is 2. The lowest BCUT2D eigenvalue weighted by atomic mass is 10.1. The Morgan fingerprint density at radius 1 is 1.53 bits per heavy atom. The second-order valence-electron chi connectivity index (χ2n) is 2.60. The first-order chi connectivity index (χ1) is 6.97. The van der Waals surface area contributed by atoms with Crippen LogP contribution in [0.15, 0.2) is 24.3 Å². The van der Waals surface area contributed by atoms with E-state index in [-0.39, 0.29) is 5.91 Å². The van der Waals surface area contributed by atoms with E-state index in [1.807, 2.05) is 19.1 Å². The summed E-state index contributed by atoms with van der Waals surface area (Å²) in [5.74, 6) is 4.70. The van der Waals surface area contributed by atoms with Gasteiger partial charge in [-0.1, -0.05) is 17.7 Å². The van der Waals surface area contributed by atoms with E-state index >= 15 is 0 Å². The van der Waals surface area contributed by atoms with Crippen LogP contribution >= 0.6 is 0 Å². The Labute approximate surface area is 90.0 Å². The molecule has 0 spiro atoms. The molecule has 0 aliphatic rings. The topological polar surface area (TPSA) is 121 Å². The Hall–Kier alpha value is -1.28. The van der Waals surface area contributed by atoms with Crippen molar-refractivity contribution in [2.45, 2.75) is 6.92 Å². The fourth-order valence-corrected chi connectivity index (χ4v) is 0.870. The van der Waals surface area contributed by atoms with Crippen molar-refractivity contribution in [3.05, 3.63) is 35.4 Å². The molecular formula is C8H12N3O3S-. The lowest BCUT2D eigenvalue weighted by molar-refractivity contribution is 0.0953. The molecule has 7 heteroatoms. The van der Waals surface area contributed by atoms with Gasteiger partial charge in [0.1, 0.15) is 0 Å². The molecule has 0 bridgehead atoms. The normalized spacial score (nSPS) is 10.9. The molecule has 1 rings (SSSR count). The Kier molecular flexibility index (Phi) is 6.47. The van der Waals surface area contributed by atoms with Gasteiger partial charge < -0.3 is 4.55 Å². The molecule has 1 aromatic carbocycles. The number of nitrogens with one attached hydrogen (secondary N) is 1. The van der Waals surface area contributed by atoms with Gasteiger partial charge in [-0.05, 0) is 19.1 Å². The summed E-state index contributed by atoms with van der Waals surface area (Å²) >= 11 is -2.36. The third kappa shape index (κ3) is 6.75. The molecule has 84 valence electrons. The van der Waals surface area contributed by atoms with Gasteiger partial charge in [0.2, 0.25) is 0 Å². The van der Waals surface area contributed by atoms with Crippen LogP contribution in [0.25, 0.3) is 0 Å². The number of carbonyl (C=O) groups excluding carboxylic acids is 1. The molecule has 1 aromatic rings. The molecule has 1 atom stereocenters. The van der Waals surface area contributed by atoms with Crippen LogP contribution in [0.5, 0.6) is 0 Å². The molecular weight excluding hydrogens is 218 g/mol. The Morgan fingerprint density at radius 2 is 2.07 bits per heavy atom.